The monoisotopic (exact) mass is 382 g/mol. The third-order valence-electron chi connectivity index (χ3n) is 5.45. The van der Waals surface area contributed by atoms with E-state index in [4.69, 9.17) is 9.47 Å². The molecular weight excluding hydrogens is 356 g/mol. The highest BCUT2D eigenvalue weighted by atomic mass is 16.5. The van der Waals surface area contributed by atoms with Gasteiger partial charge < -0.3 is 14.8 Å². The number of hydrogen-bond acceptors (Lipinski definition) is 5. The Balaban J connectivity index is 2.12. The minimum absolute atomic E-state index is 0.282. The van der Waals surface area contributed by atoms with E-state index in [9.17, 15) is 9.59 Å². The maximum absolute atomic E-state index is 13.3. The molecule has 1 N–H and O–H groups in total. The van der Waals surface area contributed by atoms with Crippen molar-refractivity contribution >= 4 is 17.5 Å². The summed E-state index contributed by atoms with van der Waals surface area (Å²) < 4.78 is 11.1. The third kappa shape index (κ3) is 2.89. The number of methoxy groups -OCH3 is 1. The van der Waals surface area contributed by atoms with Gasteiger partial charge in [-0.05, 0) is 50.1 Å². The minimum Gasteiger partial charge on any atom is -0.493 e. The number of fused-ring (bicyclic) bond motifs is 1. The average Bonchev–Trinajstić information content (AvgIpc) is 2.98. The molecule has 1 heterocycles. The van der Waals surface area contributed by atoms with Crippen LogP contribution in [0.3, 0.4) is 0 Å². The maximum atomic E-state index is 13.3. The van der Waals surface area contributed by atoms with Gasteiger partial charge in [0.15, 0.2) is 11.5 Å². The topological polar surface area (TPSA) is 67.9 Å². The van der Waals surface area contributed by atoms with Gasteiger partial charge in [0.2, 0.25) is 0 Å². The van der Waals surface area contributed by atoms with Gasteiger partial charge in [0.25, 0.3) is 11.8 Å². The predicted octanol–water partition coefficient (Wildman–Crippen LogP) is 4.06. The Morgan fingerprint density at radius 1 is 1.07 bits per heavy atom. The van der Waals surface area contributed by atoms with Crippen LogP contribution in [0.4, 0.5) is 5.69 Å². The fourth-order valence-corrected chi connectivity index (χ4v) is 3.71. The summed E-state index contributed by atoms with van der Waals surface area (Å²) in [6.45, 7) is 6.26. The SMILES string of the molecule is CCOc1cc(C(C)(CC)N2C(=O)c3cccc(NC)c3C2=O)ccc1OC. The first kappa shape index (κ1) is 19.7. The van der Waals surface area contributed by atoms with Crippen molar-refractivity contribution in [3.05, 3.63) is 53.1 Å². The van der Waals surface area contributed by atoms with Crippen molar-refractivity contribution < 1.29 is 19.1 Å². The van der Waals surface area contributed by atoms with Crippen LogP contribution < -0.4 is 14.8 Å². The molecule has 0 saturated heterocycles. The van der Waals surface area contributed by atoms with E-state index in [1.165, 1.54) is 4.90 Å². The van der Waals surface area contributed by atoms with Gasteiger partial charge in [-0.2, -0.15) is 0 Å². The predicted molar refractivity (Wildman–Crippen MR) is 108 cm³/mol. The second-order valence-electron chi connectivity index (χ2n) is 6.85. The number of ether oxygens (including phenoxy) is 2. The van der Waals surface area contributed by atoms with E-state index in [1.807, 2.05) is 39.0 Å². The molecule has 0 bridgehead atoms. The molecule has 28 heavy (non-hydrogen) atoms. The maximum Gasteiger partial charge on any atom is 0.264 e. The van der Waals surface area contributed by atoms with Gasteiger partial charge >= 0.3 is 0 Å². The standard InChI is InChI=1S/C22H26N2O4/c1-6-22(3,14-11-12-17(27-5)18(13-14)28-7-2)24-20(25)15-9-8-10-16(23-4)19(15)21(24)26/h8-13,23H,6-7H2,1-5H3. The Bertz CT molecular complexity index is 925. The molecule has 2 aromatic carbocycles. The Hall–Kier alpha value is -3.02. The lowest BCUT2D eigenvalue weighted by molar-refractivity contribution is 0.0435. The molecule has 0 radical (unpaired) electrons. The van der Waals surface area contributed by atoms with Crippen molar-refractivity contribution in [1.29, 1.82) is 0 Å². The number of amides is 2. The first-order valence-electron chi connectivity index (χ1n) is 9.43. The number of hydrogen-bond donors (Lipinski definition) is 1. The number of benzene rings is 2. The van der Waals surface area contributed by atoms with E-state index in [0.29, 0.717) is 41.3 Å². The van der Waals surface area contributed by atoms with Gasteiger partial charge in [0.1, 0.15) is 0 Å². The van der Waals surface area contributed by atoms with E-state index < -0.39 is 5.54 Å². The number of nitrogens with one attached hydrogen (secondary N) is 1. The van der Waals surface area contributed by atoms with E-state index in [1.54, 1.807) is 32.4 Å². The Morgan fingerprint density at radius 2 is 1.82 bits per heavy atom. The van der Waals surface area contributed by atoms with Gasteiger partial charge in [0.05, 0.1) is 30.4 Å². The van der Waals surface area contributed by atoms with E-state index in [0.717, 1.165) is 5.56 Å². The van der Waals surface area contributed by atoms with Gasteiger partial charge in [-0.25, -0.2) is 0 Å². The second kappa shape index (κ2) is 7.54. The molecule has 0 spiro atoms. The number of nitrogens with zero attached hydrogens (tertiary/aromatic N) is 1. The van der Waals surface area contributed by atoms with Crippen LogP contribution in [0.15, 0.2) is 36.4 Å². The van der Waals surface area contributed by atoms with Gasteiger partial charge in [-0.3, -0.25) is 14.5 Å². The highest BCUT2D eigenvalue weighted by Gasteiger charge is 2.47. The highest BCUT2D eigenvalue weighted by molar-refractivity contribution is 6.24. The molecule has 0 aromatic heterocycles. The van der Waals surface area contributed by atoms with Crippen molar-refractivity contribution in [2.45, 2.75) is 32.7 Å². The Kier molecular flexibility index (Phi) is 5.31. The van der Waals surface area contributed by atoms with Gasteiger partial charge in [-0.1, -0.05) is 19.1 Å². The molecule has 3 rings (SSSR count). The summed E-state index contributed by atoms with van der Waals surface area (Å²) in [7, 11) is 3.33. The molecule has 6 nitrogen and oxygen atoms in total. The zero-order chi connectivity index (χ0) is 20.5. The van der Waals surface area contributed by atoms with Crippen LogP contribution >= 0.6 is 0 Å². The molecule has 148 valence electrons. The molecule has 1 unspecified atom stereocenters. The van der Waals surface area contributed by atoms with E-state index >= 15 is 0 Å². The summed E-state index contributed by atoms with van der Waals surface area (Å²) in [5, 5.41) is 3.01. The average molecular weight is 382 g/mol. The van der Waals surface area contributed by atoms with Crippen LogP contribution in [0.25, 0.3) is 0 Å². The van der Waals surface area contributed by atoms with Crippen LogP contribution in [-0.2, 0) is 5.54 Å². The largest absolute Gasteiger partial charge is 0.493 e. The molecule has 0 fully saturated rings. The second-order valence-corrected chi connectivity index (χ2v) is 6.85. The summed E-state index contributed by atoms with van der Waals surface area (Å²) in [4.78, 5) is 27.9. The summed E-state index contributed by atoms with van der Waals surface area (Å²) in [5.41, 5.74) is 1.50. The van der Waals surface area contributed by atoms with Gasteiger partial charge in [-0.15, -0.1) is 0 Å². The first-order valence-corrected chi connectivity index (χ1v) is 9.43. The van der Waals surface area contributed by atoms with Crippen molar-refractivity contribution in [3.63, 3.8) is 0 Å². The highest BCUT2D eigenvalue weighted by Crippen LogP contribution is 2.42. The minimum atomic E-state index is -0.823. The molecule has 0 aliphatic carbocycles. The molecule has 1 aliphatic heterocycles. The number of anilines is 1. The van der Waals surface area contributed by atoms with Crippen LogP contribution in [-0.4, -0.2) is 37.5 Å². The number of carbonyl (C=O) groups excluding carboxylic acids is 2. The van der Waals surface area contributed by atoms with Crippen LogP contribution in [0.1, 0.15) is 53.5 Å². The van der Waals surface area contributed by atoms with Crippen molar-refractivity contribution in [3.8, 4) is 11.5 Å². The lowest BCUT2D eigenvalue weighted by Crippen LogP contribution is -2.47. The quantitative estimate of drug-likeness (QED) is 0.732. The molecule has 1 atom stereocenters. The van der Waals surface area contributed by atoms with Crippen LogP contribution in [0.5, 0.6) is 11.5 Å². The molecule has 6 heteroatoms. The zero-order valence-corrected chi connectivity index (χ0v) is 17.0. The fraction of sp³-hybridized carbons (Fsp3) is 0.364. The Labute approximate surface area is 165 Å². The third-order valence-corrected chi connectivity index (χ3v) is 5.45. The van der Waals surface area contributed by atoms with Crippen LogP contribution in [0.2, 0.25) is 0 Å². The lowest BCUT2D eigenvalue weighted by atomic mass is 9.87. The summed E-state index contributed by atoms with van der Waals surface area (Å²) in [6, 6.07) is 10.8. The van der Waals surface area contributed by atoms with Gasteiger partial charge in [0, 0.05) is 12.7 Å². The molecule has 2 aromatic rings. The smallest absolute Gasteiger partial charge is 0.264 e. The van der Waals surface area contributed by atoms with E-state index in [-0.39, 0.29) is 11.8 Å². The molecular formula is C22H26N2O4. The summed E-state index contributed by atoms with van der Waals surface area (Å²) >= 11 is 0. The first-order chi connectivity index (χ1) is 13.4. The zero-order valence-electron chi connectivity index (χ0n) is 17.0. The molecule has 0 saturated carbocycles. The summed E-state index contributed by atoms with van der Waals surface area (Å²) in [6.07, 6.45) is 0.561. The number of carbonyl (C=O) groups is 2. The normalized spacial score (nSPS) is 15.2. The number of rotatable bonds is 7. The number of imide groups is 1. The molecule has 1 aliphatic rings. The Morgan fingerprint density at radius 3 is 2.43 bits per heavy atom. The lowest BCUT2D eigenvalue weighted by Gasteiger charge is -2.37. The van der Waals surface area contributed by atoms with Crippen molar-refractivity contribution in [2.24, 2.45) is 0 Å². The summed E-state index contributed by atoms with van der Waals surface area (Å²) in [5.74, 6) is 0.636. The van der Waals surface area contributed by atoms with Crippen molar-refractivity contribution in [1.82, 2.24) is 4.90 Å². The van der Waals surface area contributed by atoms with E-state index in [2.05, 4.69) is 5.32 Å². The van der Waals surface area contributed by atoms with Crippen molar-refractivity contribution in [2.75, 3.05) is 26.1 Å². The van der Waals surface area contributed by atoms with Crippen LogP contribution in [0, 0.1) is 0 Å². The molecule has 2 amide bonds. The fourth-order valence-electron chi connectivity index (χ4n) is 3.71.